The van der Waals surface area contributed by atoms with Gasteiger partial charge < -0.3 is 18.9 Å². The van der Waals surface area contributed by atoms with Gasteiger partial charge in [0.2, 0.25) is 10.0 Å². The Morgan fingerprint density at radius 1 is 0.862 bits per heavy atom. The van der Waals surface area contributed by atoms with Crippen LogP contribution in [0.25, 0.3) is 0 Å². The fourth-order valence-corrected chi connectivity index (χ4v) is 4.10. The molecule has 8 heteroatoms. The summed E-state index contributed by atoms with van der Waals surface area (Å²) in [6, 6.07) is 9.48. The molecule has 1 N–H and O–H groups in total. The Labute approximate surface area is 173 Å². The van der Waals surface area contributed by atoms with Gasteiger partial charge in [-0.05, 0) is 42.7 Å². The van der Waals surface area contributed by atoms with Gasteiger partial charge in [-0.15, -0.1) is 0 Å². The molecule has 7 nitrogen and oxygen atoms in total. The summed E-state index contributed by atoms with van der Waals surface area (Å²) in [6.45, 7) is 6.44. The van der Waals surface area contributed by atoms with E-state index in [2.05, 4.69) is 18.6 Å². The summed E-state index contributed by atoms with van der Waals surface area (Å²) in [4.78, 5) is 0.00931. The number of methoxy groups -OCH3 is 3. The lowest BCUT2D eigenvalue weighted by Crippen LogP contribution is -2.27. The highest BCUT2D eigenvalue weighted by atomic mass is 32.2. The van der Waals surface area contributed by atoms with Crippen molar-refractivity contribution in [1.29, 1.82) is 0 Å². The smallest absolute Gasteiger partial charge is 0.244 e. The lowest BCUT2D eigenvalue weighted by Gasteiger charge is -2.19. The maximum Gasteiger partial charge on any atom is 0.244 e. The van der Waals surface area contributed by atoms with E-state index in [0.29, 0.717) is 29.8 Å². The van der Waals surface area contributed by atoms with Crippen LogP contribution in [0.1, 0.15) is 32.4 Å². The molecule has 0 spiro atoms. The zero-order chi connectivity index (χ0) is 21.6. The second-order valence-corrected chi connectivity index (χ2v) is 8.66. The Kier molecular flexibility index (Phi) is 7.75. The van der Waals surface area contributed by atoms with Crippen LogP contribution < -0.4 is 23.7 Å². The molecule has 0 amide bonds. The molecule has 160 valence electrons. The van der Waals surface area contributed by atoms with Gasteiger partial charge in [0.25, 0.3) is 0 Å². The molecule has 0 saturated carbocycles. The van der Waals surface area contributed by atoms with Gasteiger partial charge in [0, 0.05) is 12.1 Å². The lowest BCUT2D eigenvalue weighted by molar-refractivity contribution is 0.256. The summed E-state index contributed by atoms with van der Waals surface area (Å²) in [6.07, 6.45) is 0. The van der Waals surface area contributed by atoms with Gasteiger partial charge in [-0.25, -0.2) is 13.1 Å². The predicted octanol–water partition coefficient (Wildman–Crippen LogP) is 3.79. The summed E-state index contributed by atoms with van der Waals surface area (Å²) in [5, 5.41) is 0. The molecule has 0 aliphatic rings. The molecule has 0 unspecified atom stereocenters. The average Bonchev–Trinajstić information content (AvgIpc) is 2.71. The van der Waals surface area contributed by atoms with Gasteiger partial charge >= 0.3 is 0 Å². The van der Waals surface area contributed by atoms with Crippen LogP contribution in [0.15, 0.2) is 41.3 Å². The zero-order valence-electron chi connectivity index (χ0n) is 17.7. The Hall–Kier alpha value is -2.45. The second-order valence-electron chi connectivity index (χ2n) is 6.97. The summed E-state index contributed by atoms with van der Waals surface area (Å²) in [5.41, 5.74) is 0.740. The molecule has 0 aliphatic carbocycles. The Morgan fingerprint density at radius 2 is 1.52 bits per heavy atom. The molecule has 2 aromatic rings. The van der Waals surface area contributed by atoms with Crippen LogP contribution in [-0.4, -0.2) is 36.4 Å². The fraction of sp³-hybridized carbons (Fsp3) is 0.429. The zero-order valence-corrected chi connectivity index (χ0v) is 18.5. The summed E-state index contributed by atoms with van der Waals surface area (Å²) in [5.74, 6) is 2.21. The van der Waals surface area contributed by atoms with Crippen LogP contribution in [0.3, 0.4) is 0 Å². The fourth-order valence-electron chi connectivity index (χ4n) is 2.69. The van der Waals surface area contributed by atoms with Crippen molar-refractivity contribution in [2.45, 2.75) is 31.7 Å². The number of hydrogen-bond acceptors (Lipinski definition) is 6. The highest BCUT2D eigenvalue weighted by Gasteiger charge is 2.24. The minimum Gasteiger partial charge on any atom is -0.497 e. The quantitative estimate of drug-likeness (QED) is 0.626. The van der Waals surface area contributed by atoms with Gasteiger partial charge in [-0.1, -0.05) is 19.9 Å². The largest absolute Gasteiger partial charge is 0.497 e. The van der Waals surface area contributed by atoms with Crippen LogP contribution in [-0.2, 0) is 10.0 Å². The molecule has 0 radical (unpaired) electrons. The first kappa shape index (κ1) is 22.8. The highest BCUT2D eigenvalue weighted by molar-refractivity contribution is 7.89. The maximum atomic E-state index is 13.0. The Morgan fingerprint density at radius 3 is 2.10 bits per heavy atom. The van der Waals surface area contributed by atoms with Crippen LogP contribution in [0.5, 0.6) is 23.0 Å². The molecule has 2 aromatic carbocycles. The molecule has 0 aliphatic heterocycles. The first-order valence-corrected chi connectivity index (χ1v) is 10.7. The predicted molar refractivity (Wildman–Crippen MR) is 112 cm³/mol. The van der Waals surface area contributed by atoms with Crippen LogP contribution in [0.4, 0.5) is 0 Å². The van der Waals surface area contributed by atoms with Crippen molar-refractivity contribution in [2.24, 2.45) is 5.92 Å². The Balaban J connectivity index is 2.28. The van der Waals surface area contributed by atoms with Crippen molar-refractivity contribution in [1.82, 2.24) is 4.72 Å². The van der Waals surface area contributed by atoms with Crippen LogP contribution >= 0.6 is 0 Å². The lowest BCUT2D eigenvalue weighted by atomic mass is 10.1. The van der Waals surface area contributed by atoms with Crippen molar-refractivity contribution < 1.29 is 27.4 Å². The molecule has 29 heavy (non-hydrogen) atoms. The first-order chi connectivity index (χ1) is 13.7. The van der Waals surface area contributed by atoms with E-state index < -0.39 is 16.1 Å². The Bertz CT molecular complexity index is 927. The van der Waals surface area contributed by atoms with E-state index in [4.69, 9.17) is 18.9 Å². The van der Waals surface area contributed by atoms with Gasteiger partial charge in [-0.3, -0.25) is 0 Å². The van der Waals surface area contributed by atoms with Gasteiger partial charge in [-0.2, -0.15) is 0 Å². The van der Waals surface area contributed by atoms with Crippen molar-refractivity contribution in [3.8, 4) is 23.0 Å². The van der Waals surface area contributed by atoms with Crippen molar-refractivity contribution in [3.05, 3.63) is 42.0 Å². The SMILES string of the molecule is COc1ccc(OC)c(S(=O)(=O)N[C@H](C)c2ccc(OCC(C)C)c(OC)c2)c1. The van der Waals surface area contributed by atoms with E-state index in [1.54, 1.807) is 38.3 Å². The molecule has 0 heterocycles. The minimum atomic E-state index is -3.86. The van der Waals surface area contributed by atoms with E-state index in [0.717, 1.165) is 5.56 Å². The van der Waals surface area contributed by atoms with Crippen molar-refractivity contribution in [2.75, 3.05) is 27.9 Å². The molecule has 1 atom stereocenters. The molecule has 0 saturated heterocycles. The minimum absolute atomic E-state index is 0.00931. The monoisotopic (exact) mass is 423 g/mol. The van der Waals surface area contributed by atoms with E-state index in [1.165, 1.54) is 20.3 Å². The number of nitrogens with one attached hydrogen (secondary N) is 1. The van der Waals surface area contributed by atoms with E-state index in [9.17, 15) is 8.42 Å². The summed E-state index contributed by atoms with van der Waals surface area (Å²) in [7, 11) is 0.589. The topological polar surface area (TPSA) is 83.1 Å². The maximum absolute atomic E-state index is 13.0. The van der Waals surface area contributed by atoms with Gasteiger partial charge in [0.15, 0.2) is 11.5 Å². The third-order valence-electron chi connectivity index (χ3n) is 4.25. The highest BCUT2D eigenvalue weighted by Crippen LogP contribution is 2.32. The third-order valence-corrected chi connectivity index (χ3v) is 5.81. The summed E-state index contributed by atoms with van der Waals surface area (Å²) < 4.78 is 50.1. The van der Waals surface area contributed by atoms with Crippen molar-refractivity contribution in [3.63, 3.8) is 0 Å². The number of benzene rings is 2. The van der Waals surface area contributed by atoms with E-state index in [-0.39, 0.29) is 10.6 Å². The summed E-state index contributed by atoms with van der Waals surface area (Å²) >= 11 is 0. The molecular formula is C21H29NO6S. The number of hydrogen-bond donors (Lipinski definition) is 1. The molecule has 2 rings (SSSR count). The molecule has 0 bridgehead atoms. The number of rotatable bonds is 10. The molecular weight excluding hydrogens is 394 g/mol. The van der Waals surface area contributed by atoms with Gasteiger partial charge in [0.05, 0.1) is 27.9 Å². The standard InChI is InChI=1S/C21H29NO6S/c1-14(2)13-28-18-9-7-16(11-20(18)27-6)15(3)22-29(23,24)21-12-17(25-4)8-10-19(21)26-5/h7-12,14-15,22H,13H2,1-6H3/t15-/m1/s1. The van der Waals surface area contributed by atoms with Crippen molar-refractivity contribution >= 4 is 10.0 Å². The normalized spacial score (nSPS) is 12.5. The second kappa shape index (κ2) is 9.84. The molecule has 0 aromatic heterocycles. The van der Waals surface area contributed by atoms with E-state index in [1.807, 2.05) is 6.07 Å². The van der Waals surface area contributed by atoms with Crippen LogP contribution in [0, 0.1) is 5.92 Å². The molecule has 0 fully saturated rings. The average molecular weight is 424 g/mol. The van der Waals surface area contributed by atoms with Crippen LogP contribution in [0.2, 0.25) is 0 Å². The first-order valence-electron chi connectivity index (χ1n) is 9.27. The number of sulfonamides is 1. The van der Waals surface area contributed by atoms with Gasteiger partial charge in [0.1, 0.15) is 16.4 Å². The van der Waals surface area contributed by atoms with E-state index >= 15 is 0 Å². The third kappa shape index (κ3) is 5.77. The number of ether oxygens (including phenoxy) is 4.